The zero-order valence-corrected chi connectivity index (χ0v) is 14.5. The third-order valence-electron chi connectivity index (χ3n) is 1.54. The van der Waals surface area contributed by atoms with Crippen LogP contribution in [-0.2, 0) is 0 Å². The predicted octanol–water partition coefficient (Wildman–Crippen LogP) is -0.821. The normalized spacial score (nSPS) is 15.3. The molecule has 0 aromatic carbocycles. The average Bonchev–Trinajstić information content (AvgIpc) is 1.98. The molecule has 0 radical (unpaired) electrons. The van der Waals surface area contributed by atoms with E-state index < -0.39 is 30.0 Å². The van der Waals surface area contributed by atoms with Crippen molar-refractivity contribution in [3.63, 3.8) is 0 Å². The van der Waals surface area contributed by atoms with E-state index in [1.807, 2.05) is 0 Å². The molecule has 0 aromatic rings. The number of rotatable bonds is 3. The van der Waals surface area contributed by atoms with E-state index in [0.29, 0.717) is 0 Å². The third kappa shape index (κ3) is 3.29. The van der Waals surface area contributed by atoms with Crippen molar-refractivity contribution in [2.75, 3.05) is 0 Å². The number of hydrogen-bond acceptors (Lipinski definition) is 2. The van der Waals surface area contributed by atoms with Crippen molar-refractivity contribution in [2.24, 2.45) is 0 Å². The summed E-state index contributed by atoms with van der Waals surface area (Å²) in [6, 6.07) is -6.26. The first-order valence-corrected chi connectivity index (χ1v) is 3.34. The Balaban J connectivity index is -0.00000128. The number of alkyl halides is 10. The molecule has 0 atom stereocenters. The van der Waals surface area contributed by atoms with Crippen LogP contribution in [0.3, 0.4) is 0 Å². The molecule has 0 amide bonds. The number of halogens is 10. The van der Waals surface area contributed by atoms with E-state index in [4.69, 9.17) is 10.2 Å². The molecule has 2 N–H and O–H groups in total. The van der Waals surface area contributed by atoms with Crippen LogP contribution in [0.4, 0.5) is 43.9 Å². The monoisotopic (exact) mass is 418 g/mol. The summed E-state index contributed by atoms with van der Waals surface area (Å²) in [7, 11) is 0. The Hall–Kier alpha value is 1.27. The Bertz CT molecular complexity index is 269. The maximum absolute atomic E-state index is 12.2. The Labute approximate surface area is 152 Å². The Morgan fingerprint density at radius 1 is 0.556 bits per heavy atom. The predicted molar refractivity (Wildman–Crippen MR) is 30.3 cm³/mol. The quantitative estimate of drug-likeness (QED) is 0.465. The minimum Gasteiger partial charge on any atom is -1.00 e. The van der Waals surface area contributed by atoms with E-state index in [1.54, 1.807) is 0 Å². The van der Waals surface area contributed by atoms with Crippen LogP contribution in [0.15, 0.2) is 0 Å². The summed E-state index contributed by atoms with van der Waals surface area (Å²) in [5.41, 5.74) is 0. The fourth-order valence-corrected chi connectivity index (χ4v) is 0.575. The van der Waals surface area contributed by atoms with Crippen molar-refractivity contribution < 1.29 is 124 Å². The Morgan fingerprint density at radius 2 is 0.833 bits per heavy atom. The summed E-state index contributed by atoms with van der Waals surface area (Å²) in [4.78, 5) is 0. The standard InChI is InChI=1S/C5H2F10O2.Cs.H/c6-1(7,2(8,9)4(12,13)14)3(10,11)5(15,16)17;;/h16-17H;;/q;+1;-1. The van der Waals surface area contributed by atoms with Crippen LogP contribution in [0.1, 0.15) is 1.43 Å². The summed E-state index contributed by atoms with van der Waals surface area (Å²) in [5.74, 6) is -21.9. The SMILES string of the molecule is OC(O)(F)C(F)(F)C(F)(F)C(F)(F)C(F)(F)F.[Cs+].[H-]. The Morgan fingerprint density at radius 3 is 1.00 bits per heavy atom. The summed E-state index contributed by atoms with van der Waals surface area (Å²) < 4.78 is 119. The molecule has 0 rings (SSSR count). The summed E-state index contributed by atoms with van der Waals surface area (Å²) in [5, 5.41) is 14.9. The fourth-order valence-electron chi connectivity index (χ4n) is 0.575. The first kappa shape index (κ1) is 21.6. The van der Waals surface area contributed by atoms with E-state index in [9.17, 15) is 43.9 Å². The van der Waals surface area contributed by atoms with Gasteiger partial charge in [0, 0.05) is 0 Å². The van der Waals surface area contributed by atoms with Crippen LogP contribution >= 0.6 is 0 Å². The summed E-state index contributed by atoms with van der Waals surface area (Å²) in [6.45, 7) is 0. The fraction of sp³-hybridized carbons (Fsp3) is 1.00. The molecule has 0 spiro atoms. The van der Waals surface area contributed by atoms with E-state index >= 15 is 0 Å². The first-order valence-electron chi connectivity index (χ1n) is 3.34. The summed E-state index contributed by atoms with van der Waals surface area (Å²) in [6.07, 6.45) is -7.15. The topological polar surface area (TPSA) is 40.5 Å². The van der Waals surface area contributed by atoms with Crippen LogP contribution < -0.4 is 68.9 Å². The van der Waals surface area contributed by atoms with Crippen LogP contribution in [0.2, 0.25) is 0 Å². The van der Waals surface area contributed by atoms with Gasteiger partial charge in [0.1, 0.15) is 0 Å². The van der Waals surface area contributed by atoms with E-state index in [1.165, 1.54) is 0 Å². The third-order valence-corrected chi connectivity index (χ3v) is 1.54. The van der Waals surface area contributed by atoms with Crippen molar-refractivity contribution in [1.29, 1.82) is 0 Å². The second kappa shape index (κ2) is 5.57. The minimum atomic E-state index is -7.41. The molecule has 0 aliphatic heterocycles. The molecule has 0 aliphatic rings. The van der Waals surface area contributed by atoms with Gasteiger partial charge in [-0.1, -0.05) is 0 Å². The van der Waals surface area contributed by atoms with Gasteiger partial charge >= 0.3 is 98.9 Å². The second-order valence-corrected chi connectivity index (χ2v) is 2.81. The molecule has 0 aromatic heterocycles. The van der Waals surface area contributed by atoms with Gasteiger partial charge in [-0.2, -0.15) is 43.9 Å². The van der Waals surface area contributed by atoms with Crippen LogP contribution in [0, 0.1) is 0 Å². The van der Waals surface area contributed by atoms with Crippen molar-refractivity contribution in [2.45, 2.75) is 30.0 Å². The van der Waals surface area contributed by atoms with Crippen LogP contribution in [0.25, 0.3) is 0 Å². The maximum Gasteiger partial charge on any atom is 1.00 e. The van der Waals surface area contributed by atoms with Gasteiger partial charge in [-0.3, -0.25) is 0 Å². The van der Waals surface area contributed by atoms with Gasteiger partial charge in [0.25, 0.3) is 0 Å². The summed E-state index contributed by atoms with van der Waals surface area (Å²) >= 11 is 0. The molecule has 18 heavy (non-hydrogen) atoms. The molecular formula is C5H3CsF10O2. The molecule has 0 unspecified atom stereocenters. The molecule has 0 bridgehead atoms. The second-order valence-electron chi connectivity index (χ2n) is 2.81. The van der Waals surface area contributed by atoms with Gasteiger partial charge in [-0.25, -0.2) is 0 Å². The van der Waals surface area contributed by atoms with Crippen molar-refractivity contribution in [3.8, 4) is 0 Å². The van der Waals surface area contributed by atoms with Crippen molar-refractivity contribution in [3.05, 3.63) is 0 Å². The molecule has 0 fully saturated rings. The number of aliphatic hydroxyl groups is 2. The van der Waals surface area contributed by atoms with E-state index in [0.717, 1.165) is 0 Å². The van der Waals surface area contributed by atoms with Gasteiger partial charge in [0.2, 0.25) is 0 Å². The van der Waals surface area contributed by atoms with Gasteiger partial charge in [0.15, 0.2) is 0 Å². The van der Waals surface area contributed by atoms with E-state index in [2.05, 4.69) is 0 Å². The van der Waals surface area contributed by atoms with Crippen LogP contribution in [-0.4, -0.2) is 40.2 Å². The minimum absolute atomic E-state index is 0. The van der Waals surface area contributed by atoms with Gasteiger partial charge < -0.3 is 11.6 Å². The molecule has 13 heteroatoms. The maximum atomic E-state index is 12.2. The molecule has 0 aliphatic carbocycles. The van der Waals surface area contributed by atoms with Crippen molar-refractivity contribution in [1.82, 2.24) is 0 Å². The molecule has 2 nitrogen and oxygen atoms in total. The largest absolute Gasteiger partial charge is 1.00 e. The first-order chi connectivity index (χ1) is 7.00. The average molecular weight is 418 g/mol. The zero-order chi connectivity index (χ0) is 14.5. The Kier molecular flexibility index (Phi) is 6.68. The molecule has 0 saturated carbocycles. The molecule has 0 saturated heterocycles. The number of hydrogen-bond donors (Lipinski definition) is 2. The zero-order valence-electron chi connectivity index (χ0n) is 9.17. The van der Waals surface area contributed by atoms with Gasteiger partial charge in [-0.15, -0.1) is 0 Å². The molecular weight excluding hydrogens is 415 g/mol. The smallest absolute Gasteiger partial charge is 1.00 e. The van der Waals surface area contributed by atoms with Crippen molar-refractivity contribution >= 4 is 0 Å². The molecule has 0 heterocycles. The van der Waals surface area contributed by atoms with Gasteiger partial charge in [0.05, 0.1) is 0 Å². The molecule has 106 valence electrons. The van der Waals surface area contributed by atoms with Crippen LogP contribution in [0.5, 0.6) is 0 Å². The van der Waals surface area contributed by atoms with Gasteiger partial charge in [-0.05, 0) is 0 Å². The van der Waals surface area contributed by atoms with E-state index in [-0.39, 0.29) is 70.3 Å².